The normalized spacial score (nSPS) is 12.1. The second-order valence-corrected chi connectivity index (χ2v) is 20.6. The molecule has 0 spiro atoms. The van der Waals surface area contributed by atoms with E-state index in [0.717, 1.165) is 77.0 Å². The molecule has 0 rings (SSSR count). The zero-order valence-corrected chi connectivity index (χ0v) is 45.9. The molecular formula is C62H116O6. The van der Waals surface area contributed by atoms with Gasteiger partial charge in [-0.2, -0.15) is 0 Å². The molecule has 0 aromatic carbocycles. The van der Waals surface area contributed by atoms with E-state index in [1.807, 2.05) is 0 Å². The van der Waals surface area contributed by atoms with Gasteiger partial charge in [-0.15, -0.1) is 0 Å². The van der Waals surface area contributed by atoms with Crippen molar-refractivity contribution in [3.8, 4) is 0 Å². The van der Waals surface area contributed by atoms with E-state index in [1.165, 1.54) is 218 Å². The van der Waals surface area contributed by atoms with E-state index in [9.17, 15) is 14.4 Å². The van der Waals surface area contributed by atoms with Crippen LogP contribution in [0.15, 0.2) is 24.3 Å². The molecule has 0 aromatic rings. The highest BCUT2D eigenvalue weighted by atomic mass is 16.6. The fourth-order valence-electron chi connectivity index (χ4n) is 9.12. The second-order valence-electron chi connectivity index (χ2n) is 20.6. The predicted molar refractivity (Wildman–Crippen MR) is 293 cm³/mol. The SMILES string of the molecule is CCCCCC/C=C\C/C=C\CCCCCCCC(=O)OC(COC(=O)CCCCCCCCC)COC(=O)CCCCCCCCCCCCCCCCCCCCCCCCCCCCC. The molecule has 0 amide bonds. The average Bonchev–Trinajstić information content (AvgIpc) is 3.34. The van der Waals surface area contributed by atoms with Crippen molar-refractivity contribution >= 4 is 17.9 Å². The van der Waals surface area contributed by atoms with Gasteiger partial charge in [0.1, 0.15) is 13.2 Å². The monoisotopic (exact) mass is 957 g/mol. The van der Waals surface area contributed by atoms with Gasteiger partial charge in [0.25, 0.3) is 0 Å². The summed E-state index contributed by atoms with van der Waals surface area (Å²) >= 11 is 0. The lowest BCUT2D eigenvalue weighted by Crippen LogP contribution is -2.30. The summed E-state index contributed by atoms with van der Waals surface area (Å²) in [5.74, 6) is -0.874. The summed E-state index contributed by atoms with van der Waals surface area (Å²) < 4.78 is 16.8. The Morgan fingerprint density at radius 1 is 0.294 bits per heavy atom. The third kappa shape index (κ3) is 54.8. The van der Waals surface area contributed by atoms with Crippen LogP contribution in [-0.4, -0.2) is 37.2 Å². The number of hydrogen-bond acceptors (Lipinski definition) is 6. The first-order valence-electron chi connectivity index (χ1n) is 30.3. The fraction of sp³-hybridized carbons (Fsp3) is 0.887. The van der Waals surface area contributed by atoms with Crippen molar-refractivity contribution in [1.29, 1.82) is 0 Å². The maximum atomic E-state index is 12.8. The minimum Gasteiger partial charge on any atom is -0.462 e. The minimum absolute atomic E-state index is 0.0724. The highest BCUT2D eigenvalue weighted by Gasteiger charge is 2.19. The van der Waals surface area contributed by atoms with Crippen LogP contribution in [0, 0.1) is 0 Å². The summed E-state index contributed by atoms with van der Waals surface area (Å²) in [6.45, 7) is 6.62. The number of unbranched alkanes of at least 4 members (excludes halogenated alkanes) is 41. The Hall–Kier alpha value is -2.11. The second kappa shape index (κ2) is 57.5. The molecule has 0 radical (unpaired) electrons. The van der Waals surface area contributed by atoms with Crippen molar-refractivity contribution in [1.82, 2.24) is 0 Å². The van der Waals surface area contributed by atoms with Crippen LogP contribution in [-0.2, 0) is 28.6 Å². The molecule has 0 N–H and O–H groups in total. The van der Waals surface area contributed by atoms with E-state index >= 15 is 0 Å². The Bertz CT molecular complexity index is 1100. The van der Waals surface area contributed by atoms with Crippen LogP contribution < -0.4 is 0 Å². The lowest BCUT2D eigenvalue weighted by molar-refractivity contribution is -0.167. The van der Waals surface area contributed by atoms with Gasteiger partial charge in [0.2, 0.25) is 0 Å². The topological polar surface area (TPSA) is 78.9 Å². The number of allylic oxidation sites excluding steroid dienone is 4. The quantitative estimate of drug-likeness (QED) is 0.0262. The number of carbonyl (C=O) groups excluding carboxylic acids is 3. The van der Waals surface area contributed by atoms with Gasteiger partial charge in [0.05, 0.1) is 0 Å². The standard InChI is InChI=1S/C62H116O6/c1-4-7-10-13-16-18-20-22-24-26-27-28-29-30-31-32-33-34-35-36-38-39-41-43-46-49-52-55-61(64)67-58-59(57-66-60(63)54-51-48-45-15-12-9-6-3)68-62(65)56-53-50-47-44-42-40-37-25-23-21-19-17-14-11-8-5-2/h19,21,25,37,59H,4-18,20,22-24,26-36,38-58H2,1-3H3/b21-19-,37-25-. The Balaban J connectivity index is 4.05. The Morgan fingerprint density at radius 2 is 0.529 bits per heavy atom. The predicted octanol–water partition coefficient (Wildman–Crippen LogP) is 20.3. The van der Waals surface area contributed by atoms with Crippen LogP contribution in [0.5, 0.6) is 0 Å². The zero-order chi connectivity index (χ0) is 49.3. The molecule has 400 valence electrons. The van der Waals surface area contributed by atoms with Crippen molar-refractivity contribution in [2.45, 2.75) is 341 Å². The number of carbonyl (C=O) groups is 3. The maximum absolute atomic E-state index is 12.8. The Labute approximate surface area is 423 Å². The van der Waals surface area contributed by atoms with E-state index in [4.69, 9.17) is 14.2 Å². The molecule has 0 saturated carbocycles. The number of rotatable bonds is 56. The van der Waals surface area contributed by atoms with E-state index in [2.05, 4.69) is 45.1 Å². The molecule has 6 nitrogen and oxygen atoms in total. The Kier molecular flexibility index (Phi) is 55.7. The van der Waals surface area contributed by atoms with Gasteiger partial charge in [-0.3, -0.25) is 14.4 Å². The van der Waals surface area contributed by atoms with Crippen molar-refractivity contribution in [2.24, 2.45) is 0 Å². The van der Waals surface area contributed by atoms with E-state index in [1.54, 1.807) is 0 Å². The summed E-state index contributed by atoms with van der Waals surface area (Å²) in [4.78, 5) is 37.9. The first kappa shape index (κ1) is 65.9. The average molecular weight is 958 g/mol. The largest absolute Gasteiger partial charge is 0.462 e. The van der Waals surface area contributed by atoms with Gasteiger partial charge in [-0.25, -0.2) is 0 Å². The van der Waals surface area contributed by atoms with E-state index in [0.29, 0.717) is 19.3 Å². The summed E-state index contributed by atoms with van der Waals surface area (Å²) in [7, 11) is 0. The summed E-state index contributed by atoms with van der Waals surface area (Å²) in [6, 6.07) is 0. The smallest absolute Gasteiger partial charge is 0.306 e. The molecule has 0 aliphatic carbocycles. The molecule has 0 fully saturated rings. The van der Waals surface area contributed by atoms with Gasteiger partial charge in [0, 0.05) is 19.3 Å². The number of ether oxygens (including phenoxy) is 3. The molecule has 6 heteroatoms. The number of esters is 3. The van der Waals surface area contributed by atoms with Crippen LogP contribution in [0.25, 0.3) is 0 Å². The van der Waals surface area contributed by atoms with Gasteiger partial charge in [-0.05, 0) is 51.4 Å². The van der Waals surface area contributed by atoms with Gasteiger partial charge >= 0.3 is 17.9 Å². The third-order valence-electron chi connectivity index (χ3n) is 13.7. The van der Waals surface area contributed by atoms with Crippen LogP contribution in [0.1, 0.15) is 335 Å². The fourth-order valence-corrected chi connectivity index (χ4v) is 9.12. The maximum Gasteiger partial charge on any atom is 0.306 e. The van der Waals surface area contributed by atoms with Crippen molar-refractivity contribution in [2.75, 3.05) is 13.2 Å². The molecule has 0 aromatic heterocycles. The molecule has 0 aliphatic rings. The highest BCUT2D eigenvalue weighted by molar-refractivity contribution is 5.71. The van der Waals surface area contributed by atoms with Crippen molar-refractivity contribution < 1.29 is 28.6 Å². The highest BCUT2D eigenvalue weighted by Crippen LogP contribution is 2.18. The van der Waals surface area contributed by atoms with Crippen molar-refractivity contribution in [3.63, 3.8) is 0 Å². The number of hydrogen-bond donors (Lipinski definition) is 0. The molecule has 68 heavy (non-hydrogen) atoms. The molecule has 0 bridgehead atoms. The molecule has 0 saturated heterocycles. The molecular weight excluding hydrogens is 841 g/mol. The van der Waals surface area contributed by atoms with Gasteiger partial charge in [0.15, 0.2) is 6.10 Å². The third-order valence-corrected chi connectivity index (χ3v) is 13.7. The lowest BCUT2D eigenvalue weighted by atomic mass is 10.0. The van der Waals surface area contributed by atoms with Crippen LogP contribution in [0.3, 0.4) is 0 Å². The van der Waals surface area contributed by atoms with E-state index < -0.39 is 6.10 Å². The van der Waals surface area contributed by atoms with Gasteiger partial charge in [-0.1, -0.05) is 289 Å². The molecule has 1 atom stereocenters. The van der Waals surface area contributed by atoms with E-state index in [-0.39, 0.29) is 31.1 Å². The first-order chi connectivity index (χ1) is 33.5. The van der Waals surface area contributed by atoms with Crippen LogP contribution >= 0.6 is 0 Å². The summed E-state index contributed by atoms with van der Waals surface area (Å²) in [5, 5.41) is 0. The first-order valence-corrected chi connectivity index (χ1v) is 30.3. The van der Waals surface area contributed by atoms with Crippen LogP contribution in [0.4, 0.5) is 0 Å². The molecule has 1 unspecified atom stereocenters. The lowest BCUT2D eigenvalue weighted by Gasteiger charge is -2.18. The zero-order valence-electron chi connectivity index (χ0n) is 45.9. The summed E-state index contributed by atoms with van der Waals surface area (Å²) in [6.07, 6.45) is 67.9. The van der Waals surface area contributed by atoms with Crippen LogP contribution in [0.2, 0.25) is 0 Å². The molecule has 0 aliphatic heterocycles. The van der Waals surface area contributed by atoms with Gasteiger partial charge < -0.3 is 14.2 Å². The minimum atomic E-state index is -0.772. The Morgan fingerprint density at radius 3 is 0.824 bits per heavy atom. The summed E-state index contributed by atoms with van der Waals surface area (Å²) in [5.41, 5.74) is 0. The molecule has 0 heterocycles. The van der Waals surface area contributed by atoms with Crippen molar-refractivity contribution in [3.05, 3.63) is 24.3 Å².